The van der Waals surface area contributed by atoms with E-state index in [-0.39, 0.29) is 11.5 Å². The van der Waals surface area contributed by atoms with Crippen LogP contribution in [0.2, 0.25) is 0 Å². The van der Waals surface area contributed by atoms with E-state index in [9.17, 15) is 4.79 Å². The molecule has 0 saturated heterocycles. The van der Waals surface area contributed by atoms with Crippen LogP contribution in [0.1, 0.15) is 27.7 Å². The van der Waals surface area contributed by atoms with Gasteiger partial charge in [-0.05, 0) is 20.8 Å². The first kappa shape index (κ1) is 13.2. The zero-order chi connectivity index (χ0) is 11.4. The SMILES string of the molecule is C=CCN(CC(C)C(=O)O)C(C)(C)C. The Kier molecular flexibility index (Phi) is 4.85. The maximum atomic E-state index is 10.7. The minimum atomic E-state index is -0.747. The van der Waals surface area contributed by atoms with Gasteiger partial charge in [-0.2, -0.15) is 0 Å². The third kappa shape index (κ3) is 4.42. The maximum Gasteiger partial charge on any atom is 0.307 e. The molecule has 0 radical (unpaired) electrons. The van der Waals surface area contributed by atoms with Crippen LogP contribution in [0.3, 0.4) is 0 Å². The molecule has 0 aliphatic rings. The van der Waals surface area contributed by atoms with Gasteiger partial charge in [-0.25, -0.2) is 0 Å². The number of carboxylic acid groups (broad SMARTS) is 1. The number of carbonyl (C=O) groups is 1. The largest absolute Gasteiger partial charge is 0.481 e. The van der Waals surface area contributed by atoms with E-state index >= 15 is 0 Å². The van der Waals surface area contributed by atoms with Gasteiger partial charge in [-0.15, -0.1) is 6.58 Å². The van der Waals surface area contributed by atoms with Crippen molar-refractivity contribution >= 4 is 5.97 Å². The number of nitrogens with zero attached hydrogens (tertiary/aromatic N) is 1. The third-order valence-electron chi connectivity index (χ3n) is 2.21. The van der Waals surface area contributed by atoms with E-state index in [1.807, 2.05) is 0 Å². The van der Waals surface area contributed by atoms with Gasteiger partial charge in [0, 0.05) is 18.6 Å². The second kappa shape index (κ2) is 5.15. The van der Waals surface area contributed by atoms with E-state index in [1.165, 1.54) is 0 Å². The van der Waals surface area contributed by atoms with Crippen molar-refractivity contribution in [2.45, 2.75) is 33.2 Å². The van der Waals surface area contributed by atoms with Gasteiger partial charge in [0.2, 0.25) is 0 Å². The van der Waals surface area contributed by atoms with Crippen molar-refractivity contribution in [3.63, 3.8) is 0 Å². The number of hydrogen-bond acceptors (Lipinski definition) is 2. The standard InChI is InChI=1S/C11H21NO2/c1-6-7-12(11(3,4)5)8-9(2)10(13)14/h6,9H,1,7-8H2,2-5H3,(H,13,14). The molecule has 3 heteroatoms. The van der Waals surface area contributed by atoms with Crippen LogP contribution in [0.15, 0.2) is 12.7 Å². The normalized spacial score (nSPS) is 14.1. The average molecular weight is 199 g/mol. The van der Waals surface area contributed by atoms with Crippen molar-refractivity contribution in [1.82, 2.24) is 4.90 Å². The summed E-state index contributed by atoms with van der Waals surface area (Å²) in [6, 6.07) is 0. The summed E-state index contributed by atoms with van der Waals surface area (Å²) >= 11 is 0. The highest BCUT2D eigenvalue weighted by Crippen LogP contribution is 2.15. The summed E-state index contributed by atoms with van der Waals surface area (Å²) in [4.78, 5) is 12.8. The monoisotopic (exact) mass is 199 g/mol. The summed E-state index contributed by atoms with van der Waals surface area (Å²) < 4.78 is 0. The van der Waals surface area contributed by atoms with Crippen LogP contribution in [0.25, 0.3) is 0 Å². The number of hydrogen-bond donors (Lipinski definition) is 1. The summed E-state index contributed by atoms with van der Waals surface area (Å²) in [5, 5.41) is 8.81. The van der Waals surface area contributed by atoms with Crippen LogP contribution >= 0.6 is 0 Å². The molecule has 1 N–H and O–H groups in total. The molecule has 0 aliphatic heterocycles. The van der Waals surface area contributed by atoms with Gasteiger partial charge in [0.15, 0.2) is 0 Å². The molecule has 0 aromatic heterocycles. The fraction of sp³-hybridized carbons (Fsp3) is 0.727. The van der Waals surface area contributed by atoms with Crippen molar-refractivity contribution in [2.24, 2.45) is 5.92 Å². The molecule has 0 heterocycles. The van der Waals surface area contributed by atoms with Crippen molar-refractivity contribution in [2.75, 3.05) is 13.1 Å². The lowest BCUT2D eigenvalue weighted by Crippen LogP contribution is -2.44. The topological polar surface area (TPSA) is 40.5 Å². The molecule has 0 rings (SSSR count). The smallest absolute Gasteiger partial charge is 0.307 e. The molecule has 0 aromatic carbocycles. The van der Waals surface area contributed by atoms with E-state index < -0.39 is 5.97 Å². The highest BCUT2D eigenvalue weighted by atomic mass is 16.4. The van der Waals surface area contributed by atoms with Gasteiger partial charge in [-0.3, -0.25) is 9.69 Å². The summed E-state index contributed by atoms with van der Waals surface area (Å²) in [6.45, 7) is 12.9. The molecule has 82 valence electrons. The van der Waals surface area contributed by atoms with Crippen molar-refractivity contribution in [3.05, 3.63) is 12.7 Å². The highest BCUT2D eigenvalue weighted by Gasteiger charge is 2.24. The lowest BCUT2D eigenvalue weighted by Gasteiger charge is -2.35. The molecule has 14 heavy (non-hydrogen) atoms. The second-order valence-corrected chi connectivity index (χ2v) is 4.60. The molecular weight excluding hydrogens is 178 g/mol. The van der Waals surface area contributed by atoms with Gasteiger partial charge in [0.1, 0.15) is 0 Å². The van der Waals surface area contributed by atoms with E-state index in [0.717, 1.165) is 6.54 Å². The van der Waals surface area contributed by atoms with E-state index in [4.69, 9.17) is 5.11 Å². The molecule has 1 unspecified atom stereocenters. The summed E-state index contributed by atoms with van der Waals surface area (Å²) in [6.07, 6.45) is 1.81. The highest BCUT2D eigenvalue weighted by molar-refractivity contribution is 5.69. The molecule has 0 aromatic rings. The first-order chi connectivity index (χ1) is 6.29. The number of rotatable bonds is 5. The van der Waals surface area contributed by atoms with Crippen LogP contribution in [0.5, 0.6) is 0 Å². The zero-order valence-electron chi connectivity index (χ0n) is 9.58. The Morgan fingerprint density at radius 1 is 1.57 bits per heavy atom. The molecule has 0 spiro atoms. The first-order valence-electron chi connectivity index (χ1n) is 4.87. The summed E-state index contributed by atoms with van der Waals surface area (Å²) in [7, 11) is 0. The predicted molar refractivity (Wildman–Crippen MR) is 58.3 cm³/mol. The number of aliphatic carboxylic acids is 1. The molecule has 0 aliphatic carbocycles. The van der Waals surface area contributed by atoms with Gasteiger partial charge in [-0.1, -0.05) is 13.0 Å². The Labute approximate surface area is 86.4 Å². The van der Waals surface area contributed by atoms with E-state index in [0.29, 0.717) is 6.54 Å². The van der Waals surface area contributed by atoms with E-state index in [1.54, 1.807) is 13.0 Å². The third-order valence-corrected chi connectivity index (χ3v) is 2.21. The Hall–Kier alpha value is -0.830. The van der Waals surface area contributed by atoms with Crippen LogP contribution in [0.4, 0.5) is 0 Å². The van der Waals surface area contributed by atoms with Gasteiger partial charge < -0.3 is 5.11 Å². The summed E-state index contributed by atoms with van der Waals surface area (Å²) in [5.74, 6) is -1.09. The minimum absolute atomic E-state index is 0.0160. The lowest BCUT2D eigenvalue weighted by molar-refractivity contribution is -0.142. The molecule has 0 saturated carbocycles. The Morgan fingerprint density at radius 2 is 2.07 bits per heavy atom. The van der Waals surface area contributed by atoms with E-state index in [2.05, 4.69) is 32.3 Å². The molecule has 1 atom stereocenters. The van der Waals surface area contributed by atoms with Crippen LogP contribution < -0.4 is 0 Å². The Balaban J connectivity index is 4.37. The average Bonchev–Trinajstić information content (AvgIpc) is 2.01. The fourth-order valence-electron chi connectivity index (χ4n) is 1.19. The van der Waals surface area contributed by atoms with Crippen LogP contribution in [0, 0.1) is 5.92 Å². The van der Waals surface area contributed by atoms with Gasteiger partial charge in [0.05, 0.1) is 5.92 Å². The van der Waals surface area contributed by atoms with Gasteiger partial charge in [0.25, 0.3) is 0 Å². The van der Waals surface area contributed by atoms with Crippen molar-refractivity contribution in [1.29, 1.82) is 0 Å². The van der Waals surface area contributed by atoms with Gasteiger partial charge >= 0.3 is 5.97 Å². The first-order valence-corrected chi connectivity index (χ1v) is 4.87. The van der Waals surface area contributed by atoms with Crippen molar-refractivity contribution < 1.29 is 9.90 Å². The minimum Gasteiger partial charge on any atom is -0.481 e. The van der Waals surface area contributed by atoms with Crippen molar-refractivity contribution in [3.8, 4) is 0 Å². The lowest BCUT2D eigenvalue weighted by atomic mass is 10.0. The predicted octanol–water partition coefficient (Wildman–Crippen LogP) is 1.99. The molecule has 0 bridgehead atoms. The quantitative estimate of drug-likeness (QED) is 0.688. The number of carboxylic acids is 1. The fourth-order valence-corrected chi connectivity index (χ4v) is 1.19. The molecule has 0 amide bonds. The zero-order valence-corrected chi connectivity index (χ0v) is 9.58. The Bertz CT molecular complexity index is 206. The second-order valence-electron chi connectivity index (χ2n) is 4.60. The van der Waals surface area contributed by atoms with Crippen LogP contribution in [-0.2, 0) is 4.79 Å². The molecular formula is C11H21NO2. The maximum absolute atomic E-state index is 10.7. The Morgan fingerprint density at radius 3 is 2.36 bits per heavy atom. The molecule has 3 nitrogen and oxygen atoms in total. The van der Waals surface area contributed by atoms with Crippen LogP contribution in [-0.4, -0.2) is 34.6 Å². The molecule has 0 fully saturated rings. The summed E-state index contributed by atoms with van der Waals surface area (Å²) in [5.41, 5.74) is -0.0160.